The van der Waals surface area contributed by atoms with Crippen molar-refractivity contribution in [2.45, 2.75) is 31.6 Å². The highest BCUT2D eigenvalue weighted by atomic mass is 19.1. The number of dihydropyridines is 1. The van der Waals surface area contributed by atoms with Crippen molar-refractivity contribution in [2.24, 2.45) is 0 Å². The Balaban J connectivity index is 1.55. The average Bonchev–Trinajstić information content (AvgIpc) is 2.85. The topological polar surface area (TPSA) is 71.1 Å². The second-order valence-electron chi connectivity index (χ2n) is 8.79. The highest BCUT2D eigenvalue weighted by Crippen LogP contribution is 2.45. The number of nitrogens with zero attached hydrogens (tertiary/aromatic N) is 1. The van der Waals surface area contributed by atoms with E-state index in [9.17, 15) is 18.4 Å². The van der Waals surface area contributed by atoms with E-state index >= 15 is 0 Å². The van der Waals surface area contributed by atoms with Crippen molar-refractivity contribution in [2.75, 3.05) is 5.32 Å². The summed E-state index contributed by atoms with van der Waals surface area (Å²) in [6.07, 6.45) is 4.21. The van der Waals surface area contributed by atoms with E-state index in [0.717, 1.165) is 17.3 Å². The molecule has 2 aliphatic rings. The maximum Gasteiger partial charge on any atom is 0.254 e. The first-order valence-electron chi connectivity index (χ1n) is 11.4. The van der Waals surface area contributed by atoms with Crippen LogP contribution in [0.15, 0.2) is 95.6 Å². The number of pyridine rings is 1. The molecular formula is C28H23F2N3O2. The number of benzene rings is 2. The summed E-state index contributed by atoms with van der Waals surface area (Å²) >= 11 is 0. The molecule has 0 spiro atoms. The second kappa shape index (κ2) is 9.25. The molecule has 0 bridgehead atoms. The van der Waals surface area contributed by atoms with E-state index in [0.29, 0.717) is 41.3 Å². The van der Waals surface area contributed by atoms with Gasteiger partial charge in [0.05, 0.1) is 5.69 Å². The van der Waals surface area contributed by atoms with Crippen molar-refractivity contribution in [3.8, 4) is 0 Å². The van der Waals surface area contributed by atoms with Gasteiger partial charge in [-0.3, -0.25) is 14.6 Å². The van der Waals surface area contributed by atoms with E-state index < -0.39 is 23.5 Å². The molecular weight excluding hydrogens is 448 g/mol. The number of nitrogens with one attached hydrogen (secondary N) is 2. The maximum atomic E-state index is 14.3. The molecule has 1 aromatic heterocycles. The Kier molecular flexibility index (Phi) is 5.99. The fourth-order valence-electron chi connectivity index (χ4n) is 4.96. The van der Waals surface area contributed by atoms with Gasteiger partial charge in [0.2, 0.25) is 0 Å². The van der Waals surface area contributed by atoms with Gasteiger partial charge in [0.15, 0.2) is 5.78 Å². The van der Waals surface area contributed by atoms with Gasteiger partial charge in [-0.05, 0) is 48.6 Å². The number of allylic oxidation sites excluding steroid dienone is 3. The van der Waals surface area contributed by atoms with E-state index in [2.05, 4.69) is 15.6 Å². The number of hydrogen-bond acceptors (Lipinski definition) is 4. The SMILES string of the molecule is CC1=C(C(=O)Nc2ccc(F)cc2F)[C@@H](c2cccnc2)C2=C(C[C@@H](c3ccccc3)CC2=O)N1. The molecule has 3 aromatic rings. The average molecular weight is 472 g/mol. The van der Waals surface area contributed by atoms with Crippen LogP contribution in [0.3, 0.4) is 0 Å². The molecule has 1 aliphatic carbocycles. The standard InChI is InChI=1S/C28H23F2N3O2/c1-16-25(28(35)33-22-10-9-20(29)14-21(22)30)26(18-8-5-11-31-15-18)27-23(32-16)12-19(13-24(27)34)17-6-3-2-4-7-17/h2-11,14-15,19,26,32H,12-13H2,1H3,(H,33,35)/t19-,26-/m1/s1. The summed E-state index contributed by atoms with van der Waals surface area (Å²) < 4.78 is 27.6. The van der Waals surface area contributed by atoms with Crippen LogP contribution in [0.25, 0.3) is 0 Å². The van der Waals surface area contributed by atoms with Crippen molar-refractivity contribution < 1.29 is 18.4 Å². The molecule has 0 radical (unpaired) electrons. The first-order chi connectivity index (χ1) is 16.9. The number of ketones is 1. The first-order valence-corrected chi connectivity index (χ1v) is 11.4. The quantitative estimate of drug-likeness (QED) is 0.538. The first kappa shape index (κ1) is 22.7. The van der Waals surface area contributed by atoms with Gasteiger partial charge in [0.1, 0.15) is 11.6 Å². The lowest BCUT2D eigenvalue weighted by Gasteiger charge is -2.37. The Hall–Kier alpha value is -4.13. The fourth-order valence-corrected chi connectivity index (χ4v) is 4.96. The van der Waals surface area contributed by atoms with Crippen LogP contribution in [-0.2, 0) is 9.59 Å². The van der Waals surface area contributed by atoms with Crippen LogP contribution >= 0.6 is 0 Å². The molecule has 2 heterocycles. The Labute approximate surface area is 201 Å². The van der Waals surface area contributed by atoms with Crippen LogP contribution in [0, 0.1) is 11.6 Å². The van der Waals surface area contributed by atoms with Gasteiger partial charge in [0.25, 0.3) is 5.91 Å². The van der Waals surface area contributed by atoms with Crippen molar-refractivity contribution in [1.82, 2.24) is 10.3 Å². The van der Waals surface area contributed by atoms with Crippen LogP contribution in [0.2, 0.25) is 0 Å². The molecule has 0 saturated carbocycles. The molecule has 35 heavy (non-hydrogen) atoms. The summed E-state index contributed by atoms with van der Waals surface area (Å²) in [5.41, 5.74) is 3.82. The van der Waals surface area contributed by atoms with E-state index in [1.807, 2.05) is 36.4 Å². The number of anilines is 1. The molecule has 0 saturated heterocycles. The third-order valence-corrected chi connectivity index (χ3v) is 6.54. The number of halogens is 2. The van der Waals surface area contributed by atoms with Gasteiger partial charge in [-0.2, -0.15) is 0 Å². The zero-order chi connectivity index (χ0) is 24.5. The number of carbonyl (C=O) groups is 2. The molecule has 2 N–H and O–H groups in total. The van der Waals surface area contributed by atoms with Gasteiger partial charge in [0, 0.05) is 53.3 Å². The third kappa shape index (κ3) is 4.37. The minimum absolute atomic E-state index is 0.0287. The number of hydrogen-bond donors (Lipinski definition) is 2. The van der Waals surface area contributed by atoms with E-state index in [1.165, 1.54) is 6.07 Å². The summed E-state index contributed by atoms with van der Waals surface area (Å²) in [6, 6.07) is 16.4. The molecule has 1 amide bonds. The number of amides is 1. The van der Waals surface area contributed by atoms with Crippen molar-refractivity contribution in [3.63, 3.8) is 0 Å². The highest BCUT2D eigenvalue weighted by Gasteiger charge is 2.41. The van der Waals surface area contributed by atoms with E-state index in [4.69, 9.17) is 0 Å². The van der Waals surface area contributed by atoms with E-state index in [-0.39, 0.29) is 17.4 Å². The molecule has 7 heteroatoms. The molecule has 1 aliphatic heterocycles. The third-order valence-electron chi connectivity index (χ3n) is 6.54. The molecule has 176 valence electrons. The minimum Gasteiger partial charge on any atom is -0.362 e. The summed E-state index contributed by atoms with van der Waals surface area (Å²) in [6.45, 7) is 1.76. The lowest BCUT2D eigenvalue weighted by molar-refractivity contribution is -0.116. The maximum absolute atomic E-state index is 14.3. The molecule has 2 aromatic carbocycles. The van der Waals surface area contributed by atoms with Crippen molar-refractivity contribution in [1.29, 1.82) is 0 Å². The van der Waals surface area contributed by atoms with Gasteiger partial charge in [-0.1, -0.05) is 36.4 Å². The molecule has 5 rings (SSSR count). The number of rotatable bonds is 4. The second-order valence-corrected chi connectivity index (χ2v) is 8.79. The Morgan fingerprint density at radius 2 is 1.80 bits per heavy atom. The van der Waals surface area contributed by atoms with Gasteiger partial charge in [-0.15, -0.1) is 0 Å². The largest absolute Gasteiger partial charge is 0.362 e. The van der Waals surface area contributed by atoms with E-state index in [1.54, 1.807) is 25.4 Å². The van der Waals surface area contributed by atoms with Crippen LogP contribution in [0.1, 0.15) is 42.7 Å². The van der Waals surface area contributed by atoms with Crippen LogP contribution in [0.5, 0.6) is 0 Å². The van der Waals surface area contributed by atoms with Crippen molar-refractivity contribution >= 4 is 17.4 Å². The minimum atomic E-state index is -0.877. The van der Waals surface area contributed by atoms with Gasteiger partial charge >= 0.3 is 0 Å². The molecule has 0 fully saturated rings. The van der Waals surface area contributed by atoms with Crippen LogP contribution < -0.4 is 10.6 Å². The summed E-state index contributed by atoms with van der Waals surface area (Å²) in [5, 5.41) is 5.84. The Morgan fingerprint density at radius 3 is 2.51 bits per heavy atom. The molecule has 0 unspecified atom stereocenters. The predicted molar refractivity (Wildman–Crippen MR) is 128 cm³/mol. The van der Waals surface area contributed by atoms with Crippen molar-refractivity contribution in [3.05, 3.63) is 118 Å². The van der Waals surface area contributed by atoms with Gasteiger partial charge < -0.3 is 10.6 Å². The lowest BCUT2D eigenvalue weighted by atomic mass is 9.72. The summed E-state index contributed by atoms with van der Waals surface area (Å²) in [5.74, 6) is -2.86. The predicted octanol–water partition coefficient (Wildman–Crippen LogP) is 5.36. The zero-order valence-electron chi connectivity index (χ0n) is 19.0. The number of Topliss-reactive ketones (excluding diaryl/α,β-unsaturated/α-hetero) is 1. The Bertz CT molecular complexity index is 1370. The smallest absolute Gasteiger partial charge is 0.254 e. The van der Waals surface area contributed by atoms with Gasteiger partial charge in [-0.25, -0.2) is 8.78 Å². The monoisotopic (exact) mass is 471 g/mol. The number of carbonyl (C=O) groups excluding carboxylic acids is 2. The van der Waals surface area contributed by atoms with Crippen LogP contribution in [-0.4, -0.2) is 16.7 Å². The summed E-state index contributed by atoms with van der Waals surface area (Å²) in [7, 11) is 0. The number of aromatic nitrogens is 1. The lowest BCUT2D eigenvalue weighted by Crippen LogP contribution is -2.37. The Morgan fingerprint density at radius 1 is 1.03 bits per heavy atom. The van der Waals surface area contributed by atoms with Crippen LogP contribution in [0.4, 0.5) is 14.5 Å². The zero-order valence-corrected chi connectivity index (χ0v) is 19.0. The highest BCUT2D eigenvalue weighted by molar-refractivity contribution is 6.10. The summed E-state index contributed by atoms with van der Waals surface area (Å²) in [4.78, 5) is 31.2. The fraction of sp³-hybridized carbons (Fsp3) is 0.179. The molecule has 5 nitrogen and oxygen atoms in total. The normalized spacial score (nSPS) is 19.8. The molecule has 2 atom stereocenters.